The van der Waals surface area contributed by atoms with Gasteiger partial charge < -0.3 is 15.4 Å². The van der Waals surface area contributed by atoms with Crippen molar-refractivity contribution in [3.8, 4) is 6.07 Å². The van der Waals surface area contributed by atoms with Gasteiger partial charge in [0.2, 0.25) is 0 Å². The van der Waals surface area contributed by atoms with E-state index in [0.29, 0.717) is 25.9 Å². The third-order valence-electron chi connectivity index (χ3n) is 2.31. The van der Waals surface area contributed by atoms with Gasteiger partial charge in [-0.15, -0.1) is 0 Å². The highest BCUT2D eigenvalue weighted by Gasteiger charge is 2.32. The number of carbonyl (C=O) groups excluding carboxylic acids is 1. The summed E-state index contributed by atoms with van der Waals surface area (Å²) in [4.78, 5) is 12.6. The van der Waals surface area contributed by atoms with Crippen molar-refractivity contribution in [3.63, 3.8) is 0 Å². The summed E-state index contributed by atoms with van der Waals surface area (Å²) >= 11 is 0. The fourth-order valence-corrected chi connectivity index (χ4v) is 1.33. The van der Waals surface area contributed by atoms with Crippen LogP contribution in [0.1, 0.15) is 12.8 Å². The molecule has 1 aliphatic heterocycles. The lowest BCUT2D eigenvalue weighted by atomic mass is 9.91. The van der Waals surface area contributed by atoms with Gasteiger partial charge in [0.15, 0.2) is 0 Å². The molecule has 0 unspecified atom stereocenters. The van der Waals surface area contributed by atoms with E-state index in [1.54, 1.807) is 4.90 Å². The molecule has 1 aliphatic rings. The summed E-state index contributed by atoms with van der Waals surface area (Å²) in [5, 5.41) is 8.72. The van der Waals surface area contributed by atoms with Gasteiger partial charge in [-0.2, -0.15) is 5.26 Å². The van der Waals surface area contributed by atoms with E-state index in [-0.39, 0.29) is 6.09 Å². The molecule has 13 heavy (non-hydrogen) atoms. The molecule has 0 aromatic carbocycles. The monoisotopic (exact) mass is 183 g/mol. The molecule has 0 radical (unpaired) electrons. The number of carbonyl (C=O) groups is 1. The molecule has 0 bridgehead atoms. The number of nitrogens with two attached hydrogens (primary N) is 1. The summed E-state index contributed by atoms with van der Waals surface area (Å²) in [6.45, 7) is 0.994. The Balaban J connectivity index is 2.49. The number of piperidine rings is 1. The van der Waals surface area contributed by atoms with E-state index in [1.807, 2.05) is 0 Å². The molecule has 0 spiro atoms. The molecule has 0 aliphatic carbocycles. The minimum atomic E-state index is -0.759. The summed E-state index contributed by atoms with van der Waals surface area (Å²) < 4.78 is 4.55. The zero-order chi connectivity index (χ0) is 9.90. The molecule has 1 amide bonds. The van der Waals surface area contributed by atoms with Gasteiger partial charge in [-0.05, 0) is 12.8 Å². The van der Waals surface area contributed by atoms with Gasteiger partial charge in [0.25, 0.3) is 0 Å². The Kier molecular flexibility index (Phi) is 2.73. The number of methoxy groups -OCH3 is 1. The van der Waals surface area contributed by atoms with Crippen molar-refractivity contribution in [1.29, 1.82) is 5.26 Å². The predicted octanol–water partition coefficient (Wildman–Crippen LogP) is 0.0697. The van der Waals surface area contributed by atoms with Gasteiger partial charge in [-0.3, -0.25) is 0 Å². The summed E-state index contributed by atoms with van der Waals surface area (Å²) in [6.07, 6.45) is 0.678. The van der Waals surface area contributed by atoms with Crippen molar-refractivity contribution < 1.29 is 9.53 Å². The van der Waals surface area contributed by atoms with Crippen LogP contribution in [-0.2, 0) is 4.74 Å². The summed E-state index contributed by atoms with van der Waals surface area (Å²) in [6, 6.07) is 2.06. The second-order valence-electron chi connectivity index (χ2n) is 3.23. The van der Waals surface area contributed by atoms with Crippen LogP contribution in [0.5, 0.6) is 0 Å². The normalized spacial score (nSPS) is 20.5. The third kappa shape index (κ3) is 2.10. The van der Waals surface area contributed by atoms with Crippen molar-refractivity contribution in [2.75, 3.05) is 20.2 Å². The highest BCUT2D eigenvalue weighted by molar-refractivity contribution is 5.67. The molecule has 1 rings (SSSR count). The number of hydrogen-bond acceptors (Lipinski definition) is 4. The first kappa shape index (κ1) is 9.81. The molecule has 0 aromatic rings. The Labute approximate surface area is 77.1 Å². The van der Waals surface area contributed by atoms with Crippen LogP contribution in [0.3, 0.4) is 0 Å². The predicted molar refractivity (Wildman–Crippen MR) is 45.7 cm³/mol. The molecule has 0 saturated carbocycles. The fourth-order valence-electron chi connectivity index (χ4n) is 1.33. The van der Waals surface area contributed by atoms with Crippen LogP contribution < -0.4 is 5.73 Å². The number of ether oxygens (including phenoxy) is 1. The van der Waals surface area contributed by atoms with Crippen LogP contribution in [0, 0.1) is 11.3 Å². The van der Waals surface area contributed by atoms with Crippen molar-refractivity contribution in [3.05, 3.63) is 0 Å². The lowest BCUT2D eigenvalue weighted by molar-refractivity contribution is 0.107. The molecule has 5 nitrogen and oxygen atoms in total. The van der Waals surface area contributed by atoms with Crippen LogP contribution in [0.15, 0.2) is 0 Å². The van der Waals surface area contributed by atoms with Crippen LogP contribution in [0.4, 0.5) is 4.79 Å². The quantitative estimate of drug-likeness (QED) is 0.576. The lowest BCUT2D eigenvalue weighted by Crippen LogP contribution is -2.50. The Morgan fingerprint density at radius 1 is 1.62 bits per heavy atom. The molecule has 5 heteroatoms. The fraction of sp³-hybridized carbons (Fsp3) is 0.750. The largest absolute Gasteiger partial charge is 0.453 e. The maximum Gasteiger partial charge on any atom is 0.409 e. The molecule has 1 fully saturated rings. The van der Waals surface area contributed by atoms with Crippen molar-refractivity contribution in [2.45, 2.75) is 18.4 Å². The maximum atomic E-state index is 11.0. The first-order valence-corrected chi connectivity index (χ1v) is 4.14. The average molecular weight is 183 g/mol. The van der Waals surface area contributed by atoms with E-state index in [9.17, 15) is 4.79 Å². The van der Waals surface area contributed by atoms with Gasteiger partial charge in [0, 0.05) is 13.1 Å². The van der Waals surface area contributed by atoms with Crippen molar-refractivity contribution in [1.82, 2.24) is 4.90 Å². The molecule has 2 N–H and O–H groups in total. The van der Waals surface area contributed by atoms with E-state index in [0.717, 1.165) is 0 Å². The topological polar surface area (TPSA) is 79.3 Å². The van der Waals surface area contributed by atoms with Crippen molar-refractivity contribution >= 4 is 6.09 Å². The first-order chi connectivity index (χ1) is 6.11. The van der Waals surface area contributed by atoms with Gasteiger partial charge in [0.1, 0.15) is 5.54 Å². The van der Waals surface area contributed by atoms with Crippen LogP contribution >= 0.6 is 0 Å². The zero-order valence-corrected chi connectivity index (χ0v) is 7.62. The van der Waals surface area contributed by atoms with Gasteiger partial charge >= 0.3 is 6.09 Å². The zero-order valence-electron chi connectivity index (χ0n) is 7.62. The molecular weight excluding hydrogens is 170 g/mol. The maximum absolute atomic E-state index is 11.0. The first-order valence-electron chi connectivity index (χ1n) is 4.14. The molecule has 1 saturated heterocycles. The Hall–Kier alpha value is -1.28. The molecule has 0 aromatic heterocycles. The summed E-state index contributed by atoms with van der Waals surface area (Å²) in [5.74, 6) is 0. The Morgan fingerprint density at radius 3 is 2.54 bits per heavy atom. The Bertz CT molecular complexity index is 238. The number of rotatable bonds is 0. The third-order valence-corrected chi connectivity index (χ3v) is 2.31. The Morgan fingerprint density at radius 2 is 2.15 bits per heavy atom. The smallest absolute Gasteiger partial charge is 0.409 e. The second kappa shape index (κ2) is 3.62. The number of nitriles is 1. The number of amides is 1. The standard InChI is InChI=1S/C8H13N3O2/c1-13-7(12)11-4-2-8(10,6-9)3-5-11/h2-5,10H2,1H3. The van der Waals surface area contributed by atoms with Gasteiger partial charge in [-0.25, -0.2) is 4.79 Å². The number of nitrogens with zero attached hydrogens (tertiary/aromatic N) is 2. The summed E-state index contributed by atoms with van der Waals surface area (Å²) in [5.41, 5.74) is 4.96. The molecular formula is C8H13N3O2. The SMILES string of the molecule is COC(=O)N1CCC(N)(C#N)CC1. The van der Waals surface area contributed by atoms with Crippen LogP contribution in [-0.4, -0.2) is 36.7 Å². The minimum Gasteiger partial charge on any atom is -0.453 e. The van der Waals surface area contributed by atoms with E-state index in [4.69, 9.17) is 11.0 Å². The molecule has 0 atom stereocenters. The molecule has 72 valence electrons. The second-order valence-corrected chi connectivity index (χ2v) is 3.23. The molecule has 1 heterocycles. The lowest BCUT2D eigenvalue weighted by Gasteiger charge is -2.33. The highest BCUT2D eigenvalue weighted by atomic mass is 16.5. The number of hydrogen-bond donors (Lipinski definition) is 1. The van der Waals surface area contributed by atoms with E-state index in [2.05, 4.69) is 10.8 Å². The number of likely N-dealkylation sites (tertiary alicyclic amines) is 1. The van der Waals surface area contributed by atoms with Gasteiger partial charge in [0.05, 0.1) is 13.2 Å². The van der Waals surface area contributed by atoms with Crippen LogP contribution in [0.25, 0.3) is 0 Å². The summed E-state index contributed by atoms with van der Waals surface area (Å²) in [7, 11) is 1.34. The minimum absolute atomic E-state index is 0.347. The van der Waals surface area contributed by atoms with E-state index >= 15 is 0 Å². The van der Waals surface area contributed by atoms with Crippen molar-refractivity contribution in [2.24, 2.45) is 5.73 Å². The van der Waals surface area contributed by atoms with Crippen LogP contribution in [0.2, 0.25) is 0 Å². The van der Waals surface area contributed by atoms with Gasteiger partial charge in [-0.1, -0.05) is 0 Å². The van der Waals surface area contributed by atoms with E-state index in [1.165, 1.54) is 7.11 Å². The average Bonchev–Trinajstić information content (AvgIpc) is 2.18. The van der Waals surface area contributed by atoms with E-state index < -0.39 is 5.54 Å². The highest BCUT2D eigenvalue weighted by Crippen LogP contribution is 2.18.